The standard InChI is InChI=1S/C19H19FN2O5/c1-11-6-14(16(19(25)26)8-13(11)18(23)24)15-7-12(9-21-17(15)20)10-22-2-4-27-5-3-22/h6-9H,2-5,10H2,1H3,(H,23,24)(H,25,26). The average molecular weight is 374 g/mol. The number of rotatable bonds is 5. The number of morpholine rings is 1. The van der Waals surface area contributed by atoms with E-state index in [9.17, 15) is 24.2 Å². The van der Waals surface area contributed by atoms with Crippen molar-refractivity contribution >= 4 is 11.9 Å². The maximum atomic E-state index is 14.4. The van der Waals surface area contributed by atoms with Gasteiger partial charge in [0.25, 0.3) is 0 Å². The van der Waals surface area contributed by atoms with Crippen LogP contribution >= 0.6 is 0 Å². The largest absolute Gasteiger partial charge is 0.478 e. The van der Waals surface area contributed by atoms with Gasteiger partial charge in [-0.05, 0) is 36.2 Å². The fraction of sp³-hybridized carbons (Fsp3) is 0.316. The number of halogens is 1. The van der Waals surface area contributed by atoms with Crippen LogP contribution in [0.3, 0.4) is 0 Å². The van der Waals surface area contributed by atoms with Gasteiger partial charge in [-0.1, -0.05) is 0 Å². The zero-order chi connectivity index (χ0) is 19.6. The number of aromatic nitrogens is 1. The van der Waals surface area contributed by atoms with Crippen molar-refractivity contribution < 1.29 is 28.9 Å². The third-order valence-corrected chi connectivity index (χ3v) is 4.52. The van der Waals surface area contributed by atoms with Crippen molar-refractivity contribution in [1.29, 1.82) is 0 Å². The van der Waals surface area contributed by atoms with Gasteiger partial charge in [0.05, 0.1) is 24.3 Å². The van der Waals surface area contributed by atoms with Crippen molar-refractivity contribution in [3.63, 3.8) is 0 Å². The molecule has 0 aliphatic carbocycles. The first-order chi connectivity index (χ1) is 12.9. The van der Waals surface area contributed by atoms with Gasteiger partial charge in [0.15, 0.2) is 0 Å². The van der Waals surface area contributed by atoms with E-state index in [1.165, 1.54) is 12.3 Å². The predicted molar refractivity (Wildman–Crippen MR) is 94.4 cm³/mol. The number of hydrogen-bond acceptors (Lipinski definition) is 5. The van der Waals surface area contributed by atoms with Gasteiger partial charge in [-0.15, -0.1) is 0 Å². The lowest BCUT2D eigenvalue weighted by Gasteiger charge is -2.26. The van der Waals surface area contributed by atoms with Crippen LogP contribution in [0.5, 0.6) is 0 Å². The minimum Gasteiger partial charge on any atom is -0.478 e. The molecule has 0 atom stereocenters. The minimum absolute atomic E-state index is 0.0400. The fourth-order valence-electron chi connectivity index (χ4n) is 3.12. The lowest BCUT2D eigenvalue weighted by atomic mass is 9.94. The number of carbonyl (C=O) groups is 2. The molecule has 2 aromatic rings. The highest BCUT2D eigenvalue weighted by Gasteiger charge is 2.21. The Morgan fingerprint density at radius 2 is 1.78 bits per heavy atom. The van der Waals surface area contributed by atoms with Crippen molar-refractivity contribution in [2.75, 3.05) is 26.3 Å². The molecule has 1 aliphatic rings. The summed E-state index contributed by atoms with van der Waals surface area (Å²) >= 11 is 0. The van der Waals surface area contributed by atoms with Gasteiger partial charge in [-0.3, -0.25) is 4.90 Å². The summed E-state index contributed by atoms with van der Waals surface area (Å²) in [5, 5.41) is 18.7. The van der Waals surface area contributed by atoms with E-state index in [-0.39, 0.29) is 22.3 Å². The number of nitrogens with zero attached hydrogens (tertiary/aromatic N) is 2. The van der Waals surface area contributed by atoms with Crippen molar-refractivity contribution in [2.24, 2.45) is 0 Å². The van der Waals surface area contributed by atoms with Crippen molar-refractivity contribution in [3.05, 3.63) is 52.6 Å². The maximum absolute atomic E-state index is 14.4. The highest BCUT2D eigenvalue weighted by Crippen LogP contribution is 2.30. The number of aromatic carboxylic acids is 2. The molecule has 0 radical (unpaired) electrons. The molecule has 8 heteroatoms. The third kappa shape index (κ3) is 4.12. The highest BCUT2D eigenvalue weighted by atomic mass is 19.1. The molecule has 1 aromatic carbocycles. The van der Waals surface area contributed by atoms with Crippen LogP contribution in [-0.2, 0) is 11.3 Å². The van der Waals surface area contributed by atoms with Crippen LogP contribution in [-0.4, -0.2) is 58.3 Å². The third-order valence-electron chi connectivity index (χ3n) is 4.52. The predicted octanol–water partition coefficient (Wildman–Crippen LogP) is 2.42. The SMILES string of the molecule is Cc1cc(-c2cc(CN3CCOCC3)cnc2F)c(C(=O)O)cc1C(=O)O. The monoisotopic (exact) mass is 374 g/mol. The summed E-state index contributed by atoms with van der Waals surface area (Å²) in [5.41, 5.74) is 0.832. The van der Waals surface area contributed by atoms with Crippen LogP contribution in [0.1, 0.15) is 31.8 Å². The fourth-order valence-corrected chi connectivity index (χ4v) is 3.12. The second-order valence-electron chi connectivity index (χ2n) is 6.39. The summed E-state index contributed by atoms with van der Waals surface area (Å²) in [5.74, 6) is -3.36. The normalized spacial score (nSPS) is 14.9. The summed E-state index contributed by atoms with van der Waals surface area (Å²) < 4.78 is 19.7. The number of benzene rings is 1. The molecule has 27 heavy (non-hydrogen) atoms. The lowest BCUT2D eigenvalue weighted by Crippen LogP contribution is -2.35. The molecule has 142 valence electrons. The van der Waals surface area contributed by atoms with Gasteiger partial charge in [0, 0.05) is 37.0 Å². The first kappa shape index (κ1) is 18.9. The Bertz CT molecular complexity index is 894. The van der Waals surface area contributed by atoms with E-state index >= 15 is 0 Å². The first-order valence-electron chi connectivity index (χ1n) is 8.43. The van der Waals surface area contributed by atoms with E-state index in [1.807, 2.05) is 0 Å². The Labute approximate surface area is 155 Å². The van der Waals surface area contributed by atoms with E-state index in [4.69, 9.17) is 4.74 Å². The molecule has 0 saturated carbocycles. The van der Waals surface area contributed by atoms with Gasteiger partial charge < -0.3 is 14.9 Å². The number of pyridine rings is 1. The molecule has 1 saturated heterocycles. The Morgan fingerprint density at radius 1 is 1.11 bits per heavy atom. The van der Waals surface area contributed by atoms with E-state index in [1.54, 1.807) is 13.0 Å². The summed E-state index contributed by atoms with van der Waals surface area (Å²) in [6, 6.07) is 4.01. The number of carboxylic acid groups (broad SMARTS) is 2. The van der Waals surface area contributed by atoms with Crippen molar-refractivity contribution in [2.45, 2.75) is 13.5 Å². The van der Waals surface area contributed by atoms with Gasteiger partial charge in [0.1, 0.15) is 0 Å². The summed E-state index contributed by atoms with van der Waals surface area (Å²) in [4.78, 5) is 28.8. The number of aryl methyl sites for hydroxylation is 1. The summed E-state index contributed by atoms with van der Waals surface area (Å²) in [6.07, 6.45) is 1.42. The lowest BCUT2D eigenvalue weighted by molar-refractivity contribution is 0.0341. The van der Waals surface area contributed by atoms with Crippen LogP contribution < -0.4 is 0 Å². The Morgan fingerprint density at radius 3 is 2.41 bits per heavy atom. The first-order valence-corrected chi connectivity index (χ1v) is 8.43. The molecule has 3 rings (SSSR count). The van der Waals surface area contributed by atoms with Crippen LogP contribution in [0.25, 0.3) is 11.1 Å². The second kappa shape index (κ2) is 7.81. The molecule has 7 nitrogen and oxygen atoms in total. The Kier molecular flexibility index (Phi) is 5.48. The number of carboxylic acids is 2. The molecule has 0 bridgehead atoms. The van der Waals surface area contributed by atoms with Crippen LogP contribution in [0.4, 0.5) is 4.39 Å². The summed E-state index contributed by atoms with van der Waals surface area (Å²) in [7, 11) is 0. The van der Waals surface area contributed by atoms with E-state index in [0.717, 1.165) is 24.7 Å². The molecule has 0 unspecified atom stereocenters. The maximum Gasteiger partial charge on any atom is 0.336 e. The quantitative estimate of drug-likeness (QED) is 0.775. The average Bonchev–Trinajstić information content (AvgIpc) is 2.63. The van der Waals surface area contributed by atoms with Gasteiger partial charge in [-0.25, -0.2) is 14.6 Å². The molecule has 1 aliphatic heterocycles. The van der Waals surface area contributed by atoms with Crippen LogP contribution in [0.15, 0.2) is 24.4 Å². The van der Waals surface area contributed by atoms with Crippen LogP contribution in [0.2, 0.25) is 0 Å². The molecule has 1 fully saturated rings. The van der Waals surface area contributed by atoms with Gasteiger partial charge in [0.2, 0.25) is 5.95 Å². The van der Waals surface area contributed by atoms with Crippen LogP contribution in [0, 0.1) is 12.9 Å². The molecule has 0 spiro atoms. The van der Waals surface area contributed by atoms with Crippen molar-refractivity contribution in [3.8, 4) is 11.1 Å². The number of ether oxygens (including phenoxy) is 1. The number of hydrogen-bond donors (Lipinski definition) is 2. The zero-order valence-corrected chi connectivity index (χ0v) is 14.7. The minimum atomic E-state index is -1.33. The smallest absolute Gasteiger partial charge is 0.336 e. The second-order valence-corrected chi connectivity index (χ2v) is 6.39. The molecule has 1 aromatic heterocycles. The molecular formula is C19H19FN2O5. The molecular weight excluding hydrogens is 355 g/mol. The molecule has 2 N–H and O–H groups in total. The summed E-state index contributed by atoms with van der Waals surface area (Å²) in [6.45, 7) is 4.83. The van der Waals surface area contributed by atoms with Crippen molar-refractivity contribution in [1.82, 2.24) is 9.88 Å². The topological polar surface area (TPSA) is 100.0 Å². The Balaban J connectivity index is 2.04. The molecule has 0 amide bonds. The van der Waals surface area contributed by atoms with Gasteiger partial charge in [-0.2, -0.15) is 4.39 Å². The van der Waals surface area contributed by atoms with E-state index in [0.29, 0.717) is 25.3 Å². The van der Waals surface area contributed by atoms with Gasteiger partial charge >= 0.3 is 11.9 Å². The van der Waals surface area contributed by atoms with E-state index in [2.05, 4.69) is 9.88 Å². The Hall–Kier alpha value is -2.84. The molecule has 2 heterocycles. The zero-order valence-electron chi connectivity index (χ0n) is 14.7. The highest BCUT2D eigenvalue weighted by molar-refractivity contribution is 6.00. The van der Waals surface area contributed by atoms with E-state index < -0.39 is 17.9 Å².